The first-order valence-electron chi connectivity index (χ1n) is 7.39. The van der Waals surface area contributed by atoms with Crippen LogP contribution in [0, 0.1) is 11.3 Å². The number of aliphatic hydroxyl groups is 1. The molecule has 0 saturated heterocycles. The maximum Gasteiger partial charge on any atom is 0.262 e. The Bertz CT molecular complexity index is 857. The zero-order valence-electron chi connectivity index (χ0n) is 12.6. The van der Waals surface area contributed by atoms with Crippen molar-refractivity contribution in [2.45, 2.75) is 18.6 Å². The van der Waals surface area contributed by atoms with Crippen LogP contribution in [0.3, 0.4) is 0 Å². The number of halogens is 1. The quantitative estimate of drug-likeness (QED) is 0.484. The minimum Gasteiger partial charge on any atom is -0.390 e. The van der Waals surface area contributed by atoms with Crippen LogP contribution in [-0.2, 0) is 11.2 Å². The van der Waals surface area contributed by atoms with Gasteiger partial charge in [0.05, 0.1) is 17.8 Å². The van der Waals surface area contributed by atoms with Gasteiger partial charge in [-0.25, -0.2) is 4.98 Å². The van der Waals surface area contributed by atoms with Crippen molar-refractivity contribution in [1.82, 2.24) is 10.3 Å². The first-order valence-corrected chi connectivity index (χ1v) is 8.19. The molecule has 2 atom stereocenters. The molecule has 1 amide bonds. The lowest BCUT2D eigenvalue weighted by atomic mass is 10.1. The molecule has 2 N–H and O–H groups in total. The highest BCUT2D eigenvalue weighted by Gasteiger charge is 2.32. The Morgan fingerprint density at radius 3 is 2.88 bits per heavy atom. The van der Waals surface area contributed by atoms with Crippen molar-refractivity contribution < 1.29 is 9.90 Å². The third kappa shape index (κ3) is 3.37. The Kier molecular flexibility index (Phi) is 4.74. The Balaban J connectivity index is 1.82. The minimum absolute atomic E-state index is 0.0582. The fourth-order valence-electron chi connectivity index (χ4n) is 2.77. The lowest BCUT2D eigenvalue weighted by molar-refractivity contribution is -0.118. The van der Waals surface area contributed by atoms with Crippen molar-refractivity contribution in [2.24, 2.45) is 0 Å². The summed E-state index contributed by atoms with van der Waals surface area (Å²) in [5.41, 5.74) is 2.34. The molecule has 0 spiro atoms. The smallest absolute Gasteiger partial charge is 0.262 e. The molecule has 1 aliphatic carbocycles. The van der Waals surface area contributed by atoms with E-state index in [0.29, 0.717) is 16.7 Å². The van der Waals surface area contributed by atoms with Crippen LogP contribution in [0.1, 0.15) is 22.9 Å². The average molecular weight is 384 g/mol. The predicted molar refractivity (Wildman–Crippen MR) is 92.6 cm³/mol. The number of carbonyl (C=O) groups is 1. The molecule has 1 heterocycles. The van der Waals surface area contributed by atoms with Crippen LogP contribution in [-0.4, -0.2) is 22.1 Å². The fraction of sp³-hybridized carbons (Fsp3) is 0.167. The van der Waals surface area contributed by atoms with Gasteiger partial charge in [0.2, 0.25) is 0 Å². The molecule has 120 valence electrons. The van der Waals surface area contributed by atoms with Crippen LogP contribution in [0.4, 0.5) is 0 Å². The number of fused-ring (bicyclic) bond motifs is 1. The molecule has 0 radical (unpaired) electrons. The molecule has 0 aliphatic heterocycles. The number of amides is 1. The molecule has 0 saturated carbocycles. The predicted octanol–water partition coefficient (Wildman–Crippen LogP) is 2.53. The van der Waals surface area contributed by atoms with Gasteiger partial charge in [-0.15, -0.1) is 0 Å². The number of rotatable bonds is 3. The summed E-state index contributed by atoms with van der Waals surface area (Å²) in [5, 5.41) is 22.2. The van der Waals surface area contributed by atoms with E-state index in [1.807, 2.05) is 30.3 Å². The average Bonchev–Trinajstić information content (AvgIpc) is 2.88. The number of nitrogens with zero attached hydrogens (tertiary/aromatic N) is 2. The SMILES string of the molecule is N#C/C(=C\c1cccc(Br)n1)C(=O)N[C@@H]1c2ccccc2C[C@H]1O. The van der Waals surface area contributed by atoms with Crippen molar-refractivity contribution in [3.63, 3.8) is 0 Å². The molecule has 1 aromatic heterocycles. The van der Waals surface area contributed by atoms with E-state index in [9.17, 15) is 15.2 Å². The zero-order valence-corrected chi connectivity index (χ0v) is 14.2. The Morgan fingerprint density at radius 1 is 1.33 bits per heavy atom. The van der Waals surface area contributed by atoms with Gasteiger partial charge in [0, 0.05) is 6.42 Å². The van der Waals surface area contributed by atoms with E-state index in [-0.39, 0.29) is 5.57 Å². The lowest BCUT2D eigenvalue weighted by Gasteiger charge is -2.17. The summed E-state index contributed by atoms with van der Waals surface area (Å²) in [6.45, 7) is 0. The molecule has 1 aromatic carbocycles. The highest BCUT2D eigenvalue weighted by atomic mass is 79.9. The summed E-state index contributed by atoms with van der Waals surface area (Å²) in [6.07, 6.45) is 1.21. The minimum atomic E-state index is -0.699. The van der Waals surface area contributed by atoms with Crippen LogP contribution in [0.5, 0.6) is 0 Å². The van der Waals surface area contributed by atoms with E-state index in [1.54, 1.807) is 18.2 Å². The van der Waals surface area contributed by atoms with E-state index in [0.717, 1.165) is 11.1 Å². The summed E-state index contributed by atoms with van der Waals surface area (Å²) in [6, 6.07) is 14.2. The first kappa shape index (κ1) is 16.4. The molecule has 24 heavy (non-hydrogen) atoms. The molecule has 0 unspecified atom stereocenters. The van der Waals surface area contributed by atoms with E-state index >= 15 is 0 Å². The van der Waals surface area contributed by atoms with Gasteiger partial charge in [0.1, 0.15) is 16.2 Å². The van der Waals surface area contributed by atoms with E-state index in [2.05, 4.69) is 26.2 Å². The van der Waals surface area contributed by atoms with Crippen molar-refractivity contribution in [3.05, 3.63) is 69.5 Å². The van der Waals surface area contributed by atoms with Gasteiger partial charge < -0.3 is 10.4 Å². The van der Waals surface area contributed by atoms with E-state index < -0.39 is 18.1 Å². The first-order chi connectivity index (χ1) is 11.6. The third-order valence-electron chi connectivity index (χ3n) is 3.88. The highest BCUT2D eigenvalue weighted by molar-refractivity contribution is 9.10. The molecule has 2 aromatic rings. The van der Waals surface area contributed by atoms with Crippen molar-refractivity contribution in [3.8, 4) is 6.07 Å². The molecule has 5 nitrogen and oxygen atoms in total. The number of aliphatic hydroxyl groups excluding tert-OH is 1. The largest absolute Gasteiger partial charge is 0.390 e. The van der Waals surface area contributed by atoms with Crippen molar-refractivity contribution in [1.29, 1.82) is 5.26 Å². The molecular formula is C18H14BrN3O2. The van der Waals surface area contributed by atoms with Crippen LogP contribution >= 0.6 is 15.9 Å². The number of hydrogen-bond donors (Lipinski definition) is 2. The molecule has 0 fully saturated rings. The summed E-state index contributed by atoms with van der Waals surface area (Å²) < 4.78 is 0.620. The monoisotopic (exact) mass is 383 g/mol. The number of aromatic nitrogens is 1. The Hall–Kier alpha value is -2.49. The van der Waals surface area contributed by atoms with Gasteiger partial charge in [-0.2, -0.15) is 5.26 Å². The van der Waals surface area contributed by atoms with Gasteiger partial charge in [-0.05, 0) is 45.3 Å². The molecule has 6 heteroatoms. The zero-order chi connectivity index (χ0) is 17.1. The van der Waals surface area contributed by atoms with Crippen molar-refractivity contribution >= 4 is 27.9 Å². The van der Waals surface area contributed by atoms with E-state index in [1.165, 1.54) is 6.08 Å². The van der Waals surface area contributed by atoms with Crippen LogP contribution < -0.4 is 5.32 Å². The normalized spacial score (nSPS) is 19.5. The van der Waals surface area contributed by atoms with Gasteiger partial charge in [0.25, 0.3) is 5.91 Å². The topological polar surface area (TPSA) is 86.0 Å². The number of pyridine rings is 1. The number of nitrogens with one attached hydrogen (secondary N) is 1. The van der Waals surface area contributed by atoms with Crippen LogP contribution in [0.15, 0.2) is 52.6 Å². The highest BCUT2D eigenvalue weighted by Crippen LogP contribution is 2.31. The second-order valence-corrected chi connectivity index (χ2v) is 6.29. The number of carbonyl (C=O) groups excluding carboxylic acids is 1. The Labute approximate surface area is 147 Å². The van der Waals surface area contributed by atoms with Crippen molar-refractivity contribution in [2.75, 3.05) is 0 Å². The lowest BCUT2D eigenvalue weighted by Crippen LogP contribution is -2.34. The second kappa shape index (κ2) is 6.95. The summed E-state index contributed by atoms with van der Waals surface area (Å²) in [4.78, 5) is 16.6. The number of hydrogen-bond acceptors (Lipinski definition) is 4. The van der Waals surface area contributed by atoms with Crippen LogP contribution in [0.25, 0.3) is 6.08 Å². The molecule has 1 aliphatic rings. The fourth-order valence-corrected chi connectivity index (χ4v) is 3.13. The Morgan fingerprint density at radius 2 is 2.12 bits per heavy atom. The standard InChI is InChI=1S/C18H14BrN3O2/c19-16-7-3-5-13(21-16)8-12(10-20)18(24)22-17-14-6-2-1-4-11(14)9-15(17)23/h1-8,15,17,23H,9H2,(H,22,24)/b12-8+/t15-,17-/m1/s1. The second-order valence-electron chi connectivity index (χ2n) is 5.48. The summed E-state index contributed by atoms with van der Waals surface area (Å²) in [7, 11) is 0. The molecule has 0 bridgehead atoms. The van der Waals surface area contributed by atoms with Gasteiger partial charge in [-0.3, -0.25) is 4.79 Å². The maximum absolute atomic E-state index is 12.4. The summed E-state index contributed by atoms with van der Waals surface area (Å²) in [5.74, 6) is -0.528. The molecule has 3 rings (SSSR count). The van der Waals surface area contributed by atoms with Crippen LogP contribution in [0.2, 0.25) is 0 Å². The number of benzene rings is 1. The van der Waals surface area contributed by atoms with Gasteiger partial charge >= 0.3 is 0 Å². The van der Waals surface area contributed by atoms with Gasteiger partial charge in [-0.1, -0.05) is 30.3 Å². The maximum atomic E-state index is 12.4. The number of nitriles is 1. The molecular weight excluding hydrogens is 370 g/mol. The van der Waals surface area contributed by atoms with Gasteiger partial charge in [0.15, 0.2) is 0 Å². The van der Waals surface area contributed by atoms with E-state index in [4.69, 9.17) is 0 Å². The summed E-state index contributed by atoms with van der Waals surface area (Å²) >= 11 is 3.25. The third-order valence-corrected chi connectivity index (χ3v) is 4.33.